The summed E-state index contributed by atoms with van der Waals surface area (Å²) in [6, 6.07) is 32.5. The van der Waals surface area contributed by atoms with Gasteiger partial charge in [-0.1, -0.05) is 164 Å². The lowest BCUT2D eigenvalue weighted by Gasteiger charge is -2.15. The molecule has 0 aliphatic carbocycles. The molecule has 0 amide bonds. The van der Waals surface area contributed by atoms with Crippen LogP contribution in [0.15, 0.2) is 188 Å². The van der Waals surface area contributed by atoms with Crippen molar-refractivity contribution in [2.24, 2.45) is 0 Å². The van der Waals surface area contributed by atoms with Crippen molar-refractivity contribution >= 4 is 75.9 Å². The molecule has 9 aromatic carbocycles. The van der Waals surface area contributed by atoms with Crippen molar-refractivity contribution in [3.8, 4) is 34.4 Å². The summed E-state index contributed by atoms with van der Waals surface area (Å²) in [7, 11) is 0. The molecule has 0 N–H and O–H groups in total. The maximum atomic E-state index is 10.2. The van der Waals surface area contributed by atoms with Crippen molar-refractivity contribution < 1.29 is 15.1 Å². The second-order valence-corrected chi connectivity index (χ2v) is 13.6. The number of aromatic nitrogens is 5. The Morgan fingerprint density at radius 2 is 0.804 bits per heavy atom. The smallest absolute Gasteiger partial charge is 0.238 e. The fraction of sp³-hybridized carbons (Fsp3) is 0. The largest absolute Gasteiger partial charge is 0.307 e. The average molecular weight is 725 g/mol. The van der Waals surface area contributed by atoms with Crippen molar-refractivity contribution in [3.05, 3.63) is 188 Å². The van der Waals surface area contributed by atoms with Crippen LogP contribution in [0, 0.1) is 0 Å². The lowest BCUT2D eigenvalue weighted by atomic mass is 9.94. The highest BCUT2D eigenvalue weighted by Crippen LogP contribution is 2.43. The van der Waals surface area contributed by atoms with Crippen LogP contribution in [-0.2, 0) is 0 Å². The van der Waals surface area contributed by atoms with Crippen LogP contribution in [-0.4, -0.2) is 24.1 Å². The van der Waals surface area contributed by atoms with E-state index in [-0.39, 0.29) is 44.0 Å². The van der Waals surface area contributed by atoms with E-state index in [2.05, 4.69) is 0 Å². The molecule has 0 aliphatic rings. The lowest BCUT2D eigenvalue weighted by Crippen LogP contribution is -2.07. The molecule has 0 spiro atoms. The normalized spacial score (nSPS) is 14.7. The van der Waals surface area contributed by atoms with Crippen LogP contribution >= 0.6 is 0 Å². The predicted octanol–water partition coefficient (Wildman–Crippen LogP) is 12.9. The predicted molar refractivity (Wildman–Crippen MR) is 232 cm³/mol. The van der Waals surface area contributed by atoms with Gasteiger partial charge in [0.05, 0.1) is 37.1 Å². The minimum atomic E-state index is -0.624. The van der Waals surface area contributed by atoms with E-state index >= 15 is 0 Å². The van der Waals surface area contributed by atoms with Gasteiger partial charge in [0.2, 0.25) is 5.95 Å². The molecule has 3 aromatic heterocycles. The fourth-order valence-electron chi connectivity index (χ4n) is 8.10. The minimum absolute atomic E-state index is 0.0764. The molecule has 5 nitrogen and oxygen atoms in total. The first-order valence-electron chi connectivity index (χ1n) is 23.6. The Balaban J connectivity index is 1.31. The van der Waals surface area contributed by atoms with Crippen LogP contribution < -0.4 is 0 Å². The van der Waals surface area contributed by atoms with Gasteiger partial charge in [0.1, 0.15) is 0 Å². The topological polar surface area (TPSA) is 48.5 Å². The molecular formula is C51H31N5. The van der Waals surface area contributed by atoms with Gasteiger partial charge in [0.25, 0.3) is 0 Å². The highest BCUT2D eigenvalue weighted by Gasteiger charge is 2.24. The lowest BCUT2D eigenvalue weighted by molar-refractivity contribution is 0.953. The van der Waals surface area contributed by atoms with E-state index in [1.807, 2.05) is 126 Å². The summed E-state index contributed by atoms with van der Waals surface area (Å²) in [5, 5.41) is 1.98. The van der Waals surface area contributed by atoms with Crippen molar-refractivity contribution in [1.82, 2.24) is 24.1 Å². The van der Waals surface area contributed by atoms with Crippen LogP contribution in [0.4, 0.5) is 0 Å². The van der Waals surface area contributed by atoms with Crippen LogP contribution in [0.3, 0.4) is 0 Å². The van der Waals surface area contributed by atoms with Gasteiger partial charge in [-0.3, -0.25) is 4.57 Å². The maximum absolute atomic E-state index is 10.2. The Bertz CT molecular complexity index is 4070. The first-order chi connectivity index (χ1) is 32.4. The number of rotatable bonds is 4. The van der Waals surface area contributed by atoms with E-state index in [9.17, 15) is 5.48 Å². The van der Waals surface area contributed by atoms with E-state index in [4.69, 9.17) is 24.5 Å². The van der Waals surface area contributed by atoms with E-state index in [1.54, 1.807) is 4.57 Å². The Kier molecular flexibility index (Phi) is 4.67. The summed E-state index contributed by atoms with van der Waals surface area (Å²) in [6.07, 6.45) is 0. The third-order valence-electron chi connectivity index (χ3n) is 10.5. The van der Waals surface area contributed by atoms with Crippen molar-refractivity contribution in [3.63, 3.8) is 0 Å². The van der Waals surface area contributed by atoms with Crippen LogP contribution in [0.5, 0.6) is 0 Å². The van der Waals surface area contributed by atoms with E-state index < -0.39 is 60.4 Å². The first kappa shape index (κ1) is 21.9. The number of benzene rings is 9. The zero-order valence-corrected chi connectivity index (χ0v) is 29.3. The van der Waals surface area contributed by atoms with Crippen LogP contribution in [0.25, 0.3) is 110 Å². The molecule has 0 saturated carbocycles. The third kappa shape index (κ3) is 4.46. The molecule has 0 radical (unpaired) electrons. The summed E-state index contributed by atoms with van der Waals surface area (Å²) in [6.45, 7) is 0. The molecule has 0 fully saturated rings. The van der Waals surface area contributed by atoms with Gasteiger partial charge in [0.15, 0.2) is 11.6 Å². The number of hydrogen-bond acceptors (Lipinski definition) is 3. The summed E-state index contributed by atoms with van der Waals surface area (Å²) in [5.41, 5.74) is 3.93. The molecule has 0 saturated heterocycles. The van der Waals surface area contributed by atoms with E-state index in [1.165, 1.54) is 0 Å². The number of hydrogen-bond donors (Lipinski definition) is 0. The zero-order valence-electron chi connectivity index (χ0n) is 40.3. The molecule has 5 heteroatoms. The van der Waals surface area contributed by atoms with E-state index in [0.717, 1.165) is 38.2 Å². The highest BCUT2D eigenvalue weighted by atomic mass is 15.2. The van der Waals surface area contributed by atoms with Gasteiger partial charge in [-0.05, 0) is 56.5 Å². The molecule has 0 unspecified atom stereocenters. The van der Waals surface area contributed by atoms with Gasteiger partial charge in [-0.25, -0.2) is 4.98 Å². The minimum Gasteiger partial charge on any atom is -0.307 e. The number of para-hydroxylation sites is 2. The highest BCUT2D eigenvalue weighted by molar-refractivity contribution is 6.27. The standard InChI is InChI=1S/C51H31N5/c1-3-15-32(16-4-1)49-52-50(33-17-5-2-6-18-33)54-51(53-49)56-46-26-14-12-24-41(46)43-30-29-42-40-23-11-13-25-45(40)55(47(42)48(43)56)34-27-28-39-37-21-8-7-19-35(37)36-20-9-10-22-38(36)44(39)31-34/h1-31H/i7D,8D,9D,10D,19D,20D,21D,22D,27D,28D,31D. The van der Waals surface area contributed by atoms with E-state index in [0.29, 0.717) is 34.1 Å². The molecule has 260 valence electrons. The SMILES string of the molecule is [2H]c1c([2H])c([2H])c2c(c1[2H])c1c([2H])c([2H])c([2H])c([2H])c1c1c([2H])c(-n3c4ccccc4c4ccc5c6ccccc6n(-c6nc(-c7ccccc7)nc(-c7ccccc7)n6)c5c43)c([2H])c([2H])c21. The fourth-order valence-corrected chi connectivity index (χ4v) is 8.10. The zero-order chi connectivity index (χ0) is 46.3. The summed E-state index contributed by atoms with van der Waals surface area (Å²) in [4.78, 5) is 15.2. The Morgan fingerprint density at radius 1 is 0.357 bits per heavy atom. The van der Waals surface area contributed by atoms with Crippen LogP contribution in [0.1, 0.15) is 15.1 Å². The van der Waals surface area contributed by atoms with Gasteiger partial charge in [-0.2, -0.15) is 9.97 Å². The third-order valence-corrected chi connectivity index (χ3v) is 10.5. The van der Waals surface area contributed by atoms with Crippen molar-refractivity contribution in [2.45, 2.75) is 0 Å². The summed E-state index contributed by atoms with van der Waals surface area (Å²) < 4.78 is 105. The number of nitrogens with zero attached hydrogens (tertiary/aromatic N) is 5. The van der Waals surface area contributed by atoms with Gasteiger partial charge in [0, 0.05) is 38.4 Å². The van der Waals surface area contributed by atoms with Gasteiger partial charge in [-0.15, -0.1) is 0 Å². The molecule has 3 heterocycles. The van der Waals surface area contributed by atoms with Crippen LogP contribution in [0.2, 0.25) is 0 Å². The summed E-state index contributed by atoms with van der Waals surface area (Å²) in [5.74, 6) is 1.16. The molecule has 0 atom stereocenters. The molecule has 0 aliphatic heterocycles. The first-order valence-corrected chi connectivity index (χ1v) is 18.1. The number of fused-ring (bicyclic) bond motifs is 13. The van der Waals surface area contributed by atoms with Gasteiger partial charge < -0.3 is 4.57 Å². The Morgan fingerprint density at radius 3 is 1.36 bits per heavy atom. The van der Waals surface area contributed by atoms with Crippen molar-refractivity contribution in [1.29, 1.82) is 0 Å². The quantitative estimate of drug-likeness (QED) is 0.170. The summed E-state index contributed by atoms with van der Waals surface area (Å²) >= 11 is 0. The second kappa shape index (κ2) is 11.9. The molecule has 0 bridgehead atoms. The Hall–Kier alpha value is -7.63. The molecule has 12 aromatic rings. The monoisotopic (exact) mass is 724 g/mol. The average Bonchev–Trinajstić information content (AvgIpc) is 3.88. The molecule has 12 rings (SSSR count). The Labute approximate surface area is 336 Å². The van der Waals surface area contributed by atoms with Crippen molar-refractivity contribution in [2.75, 3.05) is 0 Å². The molecular weight excluding hydrogens is 683 g/mol. The van der Waals surface area contributed by atoms with Gasteiger partial charge >= 0.3 is 0 Å². The maximum Gasteiger partial charge on any atom is 0.238 e. The molecule has 56 heavy (non-hydrogen) atoms. The second-order valence-electron chi connectivity index (χ2n) is 13.6.